The van der Waals surface area contributed by atoms with Crippen LogP contribution in [0.1, 0.15) is 48.2 Å². The number of fused-ring (bicyclic) bond motifs is 2. The van der Waals surface area contributed by atoms with E-state index in [-0.39, 0.29) is 59.1 Å². The van der Waals surface area contributed by atoms with Crippen molar-refractivity contribution in [3.63, 3.8) is 0 Å². The predicted molar refractivity (Wildman–Crippen MR) is 131 cm³/mol. The fourth-order valence-electron chi connectivity index (χ4n) is 4.94. The minimum absolute atomic E-state index is 0. The third-order valence-corrected chi connectivity index (χ3v) is 7.13. The van der Waals surface area contributed by atoms with Gasteiger partial charge in [-0.15, -0.1) is 0 Å². The molecule has 1 aliphatic heterocycles. The summed E-state index contributed by atoms with van der Waals surface area (Å²) in [6.07, 6.45) is 0.459. The van der Waals surface area contributed by atoms with Crippen molar-refractivity contribution < 1.29 is 53.4 Å². The number of nitrogens with zero attached hydrogens (tertiary/aromatic N) is 2. The molecule has 1 unspecified atom stereocenters. The first-order valence-corrected chi connectivity index (χ1v) is 11.6. The summed E-state index contributed by atoms with van der Waals surface area (Å²) in [4.78, 5) is 31.4. The maximum atomic E-state index is 12.5. The van der Waals surface area contributed by atoms with Crippen LogP contribution in [0.15, 0.2) is 46.9 Å². The Morgan fingerprint density at radius 2 is 1.92 bits per heavy atom. The van der Waals surface area contributed by atoms with Crippen LogP contribution in [-0.4, -0.2) is 40.5 Å². The molecule has 1 aliphatic rings. The fourth-order valence-corrected chi connectivity index (χ4v) is 4.94. The van der Waals surface area contributed by atoms with Gasteiger partial charge in [0.1, 0.15) is 23.1 Å². The summed E-state index contributed by atoms with van der Waals surface area (Å²) in [5.41, 5.74) is 2.90. The van der Waals surface area contributed by atoms with Crippen LogP contribution in [0.3, 0.4) is 0 Å². The number of carbonyl (C=O) groups is 2. The van der Waals surface area contributed by atoms with Crippen LogP contribution in [0.4, 0.5) is 0 Å². The summed E-state index contributed by atoms with van der Waals surface area (Å²) >= 11 is 0. The third kappa shape index (κ3) is 4.40. The molecule has 5 rings (SSSR count). The van der Waals surface area contributed by atoms with Gasteiger partial charge in [-0.2, -0.15) is 0 Å². The zero-order chi connectivity index (χ0) is 25.1. The number of piperidine rings is 1. The summed E-state index contributed by atoms with van der Waals surface area (Å²) in [5, 5.41) is 13.6. The molecule has 0 bridgehead atoms. The number of aromatic carboxylic acids is 1. The van der Waals surface area contributed by atoms with Crippen molar-refractivity contribution in [2.45, 2.75) is 52.2 Å². The number of hydrogen-bond donors (Lipinski definition) is 0. The molecule has 2 aromatic heterocycles. The molecule has 1 amide bonds. The predicted octanol–water partition coefficient (Wildman–Crippen LogP) is 1.41. The van der Waals surface area contributed by atoms with Crippen LogP contribution >= 0.6 is 0 Å². The van der Waals surface area contributed by atoms with Crippen molar-refractivity contribution in [3.8, 4) is 17.2 Å². The van der Waals surface area contributed by atoms with Gasteiger partial charge in [0.2, 0.25) is 5.91 Å². The van der Waals surface area contributed by atoms with Gasteiger partial charge in [0.05, 0.1) is 23.3 Å². The van der Waals surface area contributed by atoms with Crippen molar-refractivity contribution >= 4 is 33.7 Å². The maximum Gasteiger partial charge on any atom is 1.00 e. The number of carboxylic acid groups (broad SMARTS) is 1. The SMILES string of the molecule is Cc1c(-c2cc(C(=O)[O-])c3c(OC4CC(=O)N(C)C(C)(C)C4)ccc(C)c3n2)oc2ccccc12.[Na+]. The molecule has 1 saturated heterocycles. The largest absolute Gasteiger partial charge is 1.00 e. The average molecular weight is 495 g/mol. The number of likely N-dealkylation sites (tertiary alicyclic amines) is 1. The Kier molecular flexibility index (Phi) is 6.94. The molecule has 2 aromatic carbocycles. The van der Waals surface area contributed by atoms with Gasteiger partial charge in [-0.1, -0.05) is 24.3 Å². The number of carboxylic acids is 1. The van der Waals surface area contributed by atoms with E-state index in [0.29, 0.717) is 40.1 Å². The van der Waals surface area contributed by atoms with E-state index >= 15 is 0 Å². The minimum Gasteiger partial charge on any atom is -0.545 e. The molecule has 0 N–H and O–H groups in total. The van der Waals surface area contributed by atoms with Gasteiger partial charge < -0.3 is 24.0 Å². The molecule has 0 aliphatic carbocycles. The number of amides is 1. The van der Waals surface area contributed by atoms with E-state index in [0.717, 1.165) is 16.5 Å². The molecule has 8 heteroatoms. The van der Waals surface area contributed by atoms with E-state index in [1.165, 1.54) is 6.07 Å². The molecular weight excluding hydrogens is 467 g/mol. The summed E-state index contributed by atoms with van der Waals surface area (Å²) in [6, 6.07) is 12.7. The second kappa shape index (κ2) is 9.54. The van der Waals surface area contributed by atoms with E-state index in [2.05, 4.69) is 0 Å². The molecule has 1 atom stereocenters. The van der Waals surface area contributed by atoms with Gasteiger partial charge in [0.15, 0.2) is 5.76 Å². The molecule has 0 saturated carbocycles. The van der Waals surface area contributed by atoms with Crippen molar-refractivity contribution in [1.29, 1.82) is 0 Å². The molecule has 4 aromatic rings. The number of aryl methyl sites for hydroxylation is 2. The van der Waals surface area contributed by atoms with E-state index in [9.17, 15) is 14.7 Å². The Balaban J connectivity index is 0.00000304. The third-order valence-electron chi connectivity index (χ3n) is 7.13. The number of pyridine rings is 1. The van der Waals surface area contributed by atoms with E-state index in [1.54, 1.807) is 18.0 Å². The zero-order valence-corrected chi connectivity index (χ0v) is 23.5. The van der Waals surface area contributed by atoms with Gasteiger partial charge in [-0.25, -0.2) is 4.98 Å². The second-order valence-electron chi connectivity index (χ2n) is 9.91. The van der Waals surface area contributed by atoms with E-state index in [4.69, 9.17) is 14.1 Å². The van der Waals surface area contributed by atoms with Crippen LogP contribution in [0.2, 0.25) is 0 Å². The van der Waals surface area contributed by atoms with Gasteiger partial charge >= 0.3 is 29.6 Å². The number of benzene rings is 2. The summed E-state index contributed by atoms with van der Waals surface area (Å²) < 4.78 is 12.3. The Morgan fingerprint density at radius 1 is 1.19 bits per heavy atom. The zero-order valence-electron chi connectivity index (χ0n) is 21.5. The normalized spacial score (nSPS) is 17.3. The average Bonchev–Trinajstić information content (AvgIpc) is 3.15. The Morgan fingerprint density at radius 3 is 2.58 bits per heavy atom. The van der Waals surface area contributed by atoms with Gasteiger partial charge in [0, 0.05) is 35.5 Å². The van der Waals surface area contributed by atoms with Crippen molar-refractivity contribution in [1.82, 2.24) is 9.88 Å². The Labute approximate surface area is 231 Å². The van der Waals surface area contributed by atoms with Gasteiger partial charge in [-0.3, -0.25) is 4.79 Å². The molecule has 0 spiro atoms. The van der Waals surface area contributed by atoms with Crippen molar-refractivity contribution in [2.24, 2.45) is 0 Å². The first kappa shape index (κ1) is 26.2. The smallest absolute Gasteiger partial charge is 0.545 e. The van der Waals surface area contributed by atoms with Crippen molar-refractivity contribution in [2.75, 3.05) is 7.05 Å². The van der Waals surface area contributed by atoms with Crippen LogP contribution in [0.25, 0.3) is 33.3 Å². The summed E-state index contributed by atoms with van der Waals surface area (Å²) in [7, 11) is 1.79. The van der Waals surface area contributed by atoms with Crippen LogP contribution in [0.5, 0.6) is 5.75 Å². The maximum absolute atomic E-state index is 12.5. The quantitative estimate of drug-likeness (QED) is 0.398. The summed E-state index contributed by atoms with van der Waals surface area (Å²) in [6.45, 7) is 7.78. The molecule has 1 fully saturated rings. The van der Waals surface area contributed by atoms with Crippen LogP contribution in [0, 0.1) is 13.8 Å². The molecule has 180 valence electrons. The van der Waals surface area contributed by atoms with Crippen LogP contribution in [-0.2, 0) is 4.79 Å². The number of para-hydroxylation sites is 1. The molecular formula is C28H27N2NaO5. The standard InChI is InChI=1S/C28H28N2O5.Na/c1-15-10-11-22(34-17-12-23(31)30(5)28(3,4)14-17)24-19(27(32)33)13-20(29-25(15)24)26-16(2)18-8-6-7-9-21(18)35-26;/h6-11,13,17H,12,14H2,1-5H3,(H,32,33);/q;+1/p-1. The topological polar surface area (TPSA) is 95.7 Å². The van der Waals surface area contributed by atoms with Crippen LogP contribution < -0.4 is 39.4 Å². The van der Waals surface area contributed by atoms with Gasteiger partial charge in [-0.05, 0) is 51.5 Å². The van der Waals surface area contributed by atoms with E-state index in [1.807, 2.05) is 58.0 Å². The Bertz CT molecular complexity index is 1510. The first-order valence-electron chi connectivity index (χ1n) is 11.6. The van der Waals surface area contributed by atoms with Crippen molar-refractivity contribution in [3.05, 3.63) is 59.2 Å². The number of aromatic nitrogens is 1. The number of ether oxygens (including phenoxy) is 1. The summed E-state index contributed by atoms with van der Waals surface area (Å²) in [5.74, 6) is -0.446. The number of rotatable bonds is 4. The molecule has 36 heavy (non-hydrogen) atoms. The molecule has 3 heterocycles. The minimum atomic E-state index is -1.33. The van der Waals surface area contributed by atoms with E-state index < -0.39 is 5.97 Å². The number of furan rings is 1. The fraction of sp³-hybridized carbons (Fsp3) is 0.321. The number of hydrogen-bond acceptors (Lipinski definition) is 6. The Hall–Kier alpha value is -2.87. The molecule has 7 nitrogen and oxygen atoms in total. The molecule has 0 radical (unpaired) electrons. The second-order valence-corrected chi connectivity index (χ2v) is 9.91. The number of carbonyl (C=O) groups excluding carboxylic acids is 2. The van der Waals surface area contributed by atoms with Gasteiger partial charge in [0.25, 0.3) is 0 Å². The first-order chi connectivity index (χ1) is 16.6. The monoisotopic (exact) mass is 494 g/mol.